The van der Waals surface area contributed by atoms with Crippen LogP contribution < -0.4 is 10.2 Å². The van der Waals surface area contributed by atoms with E-state index in [1.807, 2.05) is 56.3 Å². The number of benzene rings is 2. The van der Waals surface area contributed by atoms with Gasteiger partial charge in [-0.15, -0.1) is 0 Å². The van der Waals surface area contributed by atoms with Gasteiger partial charge in [0.1, 0.15) is 5.75 Å². The molecule has 4 heteroatoms. The predicted molar refractivity (Wildman–Crippen MR) is 88.5 cm³/mol. The summed E-state index contributed by atoms with van der Waals surface area (Å²) in [6, 6.07) is 15.2. The number of ether oxygens (including phenoxy) is 1. The minimum absolute atomic E-state index is 0.188. The molecule has 0 atom stereocenters. The lowest BCUT2D eigenvalue weighted by molar-refractivity contribution is 0.0954. The van der Waals surface area contributed by atoms with Gasteiger partial charge in [0, 0.05) is 17.7 Å². The van der Waals surface area contributed by atoms with Crippen LogP contribution in [-0.2, 0) is 6.42 Å². The van der Waals surface area contributed by atoms with Crippen molar-refractivity contribution in [3.8, 4) is 5.75 Å². The Morgan fingerprint density at radius 1 is 1.14 bits per heavy atom. The van der Waals surface area contributed by atoms with E-state index in [0.29, 0.717) is 12.0 Å². The van der Waals surface area contributed by atoms with Crippen molar-refractivity contribution in [2.45, 2.75) is 20.3 Å². The summed E-state index contributed by atoms with van der Waals surface area (Å²) in [6.07, 6.45) is 0.679. The van der Waals surface area contributed by atoms with Crippen molar-refractivity contribution < 1.29 is 9.53 Å². The highest BCUT2D eigenvalue weighted by Gasteiger charge is 2.07. The molecule has 2 aromatic rings. The van der Waals surface area contributed by atoms with E-state index in [-0.39, 0.29) is 5.91 Å². The molecule has 0 saturated heterocycles. The van der Waals surface area contributed by atoms with Crippen molar-refractivity contribution in [2.24, 2.45) is 5.10 Å². The van der Waals surface area contributed by atoms with E-state index in [0.717, 1.165) is 22.6 Å². The summed E-state index contributed by atoms with van der Waals surface area (Å²) < 4.78 is 5.13. The number of hydrazone groups is 1. The van der Waals surface area contributed by atoms with Crippen molar-refractivity contribution in [3.05, 3.63) is 65.2 Å². The zero-order valence-corrected chi connectivity index (χ0v) is 13.1. The van der Waals surface area contributed by atoms with E-state index in [9.17, 15) is 4.79 Å². The number of amides is 1. The van der Waals surface area contributed by atoms with Gasteiger partial charge in [-0.3, -0.25) is 4.79 Å². The molecular formula is C18H20N2O2. The summed E-state index contributed by atoms with van der Waals surface area (Å²) in [6.45, 7) is 3.80. The van der Waals surface area contributed by atoms with Gasteiger partial charge in [0.05, 0.1) is 7.11 Å². The van der Waals surface area contributed by atoms with E-state index in [4.69, 9.17) is 4.74 Å². The molecule has 0 unspecified atom stereocenters. The molecule has 2 aromatic carbocycles. The fraction of sp³-hybridized carbons (Fsp3) is 0.222. The van der Waals surface area contributed by atoms with Crippen molar-refractivity contribution in [3.63, 3.8) is 0 Å². The molecule has 0 aliphatic heterocycles. The summed E-state index contributed by atoms with van der Waals surface area (Å²) >= 11 is 0. The number of carbonyl (C=O) groups is 1. The van der Waals surface area contributed by atoms with Gasteiger partial charge in [0.15, 0.2) is 0 Å². The Morgan fingerprint density at radius 2 is 1.82 bits per heavy atom. The topological polar surface area (TPSA) is 50.7 Å². The van der Waals surface area contributed by atoms with Crippen LogP contribution in [0.1, 0.15) is 28.4 Å². The van der Waals surface area contributed by atoms with Crippen molar-refractivity contribution in [1.82, 2.24) is 5.43 Å². The molecule has 0 bridgehead atoms. The first-order valence-corrected chi connectivity index (χ1v) is 7.12. The lowest BCUT2D eigenvalue weighted by atomic mass is 10.1. The quantitative estimate of drug-likeness (QED) is 0.679. The average Bonchev–Trinajstić information content (AvgIpc) is 2.54. The highest BCUT2D eigenvalue weighted by molar-refractivity contribution is 5.96. The van der Waals surface area contributed by atoms with E-state index in [1.54, 1.807) is 13.2 Å². The summed E-state index contributed by atoms with van der Waals surface area (Å²) in [7, 11) is 1.64. The summed E-state index contributed by atoms with van der Waals surface area (Å²) in [5, 5.41) is 4.17. The van der Waals surface area contributed by atoms with E-state index < -0.39 is 0 Å². The zero-order chi connectivity index (χ0) is 15.9. The highest BCUT2D eigenvalue weighted by Crippen LogP contribution is 2.12. The van der Waals surface area contributed by atoms with Gasteiger partial charge in [-0.25, -0.2) is 5.43 Å². The summed E-state index contributed by atoms with van der Waals surface area (Å²) in [5.74, 6) is 0.637. The SMILES string of the molecule is COc1ccc(C/C(C)=N\NC(=O)c2ccccc2C)cc1. The Morgan fingerprint density at radius 3 is 2.45 bits per heavy atom. The minimum atomic E-state index is -0.188. The maximum atomic E-state index is 12.1. The number of rotatable bonds is 5. The normalized spacial score (nSPS) is 11.1. The molecule has 0 aliphatic rings. The molecule has 2 rings (SSSR count). The van der Waals surface area contributed by atoms with Gasteiger partial charge >= 0.3 is 0 Å². The molecule has 0 aromatic heterocycles. The minimum Gasteiger partial charge on any atom is -0.497 e. The van der Waals surface area contributed by atoms with Crippen molar-refractivity contribution in [2.75, 3.05) is 7.11 Å². The predicted octanol–water partition coefficient (Wildman–Crippen LogP) is 3.35. The van der Waals surface area contributed by atoms with Crippen LogP contribution in [-0.4, -0.2) is 18.7 Å². The number of aryl methyl sites for hydroxylation is 1. The maximum Gasteiger partial charge on any atom is 0.271 e. The number of nitrogens with one attached hydrogen (secondary N) is 1. The number of carbonyl (C=O) groups excluding carboxylic acids is 1. The smallest absolute Gasteiger partial charge is 0.271 e. The van der Waals surface area contributed by atoms with Crippen LogP contribution in [0.25, 0.3) is 0 Å². The lowest BCUT2D eigenvalue weighted by Gasteiger charge is -2.06. The Bertz CT molecular complexity index is 676. The van der Waals surface area contributed by atoms with Crippen LogP contribution in [0, 0.1) is 6.92 Å². The van der Waals surface area contributed by atoms with Gasteiger partial charge in [-0.1, -0.05) is 30.3 Å². The second-order valence-corrected chi connectivity index (χ2v) is 5.13. The van der Waals surface area contributed by atoms with Gasteiger partial charge in [0.25, 0.3) is 5.91 Å². The molecule has 0 fully saturated rings. The van der Waals surface area contributed by atoms with Crippen LogP contribution in [0.2, 0.25) is 0 Å². The molecule has 0 aliphatic carbocycles. The van der Waals surface area contributed by atoms with E-state index in [1.165, 1.54) is 0 Å². The Balaban J connectivity index is 1.97. The third kappa shape index (κ3) is 4.19. The third-order valence-corrected chi connectivity index (χ3v) is 3.36. The molecule has 0 radical (unpaired) electrons. The first-order chi connectivity index (χ1) is 10.6. The molecule has 0 saturated carbocycles. The maximum absolute atomic E-state index is 12.1. The largest absolute Gasteiger partial charge is 0.497 e. The molecule has 0 heterocycles. The summed E-state index contributed by atoms with van der Waals surface area (Å²) in [4.78, 5) is 12.1. The molecular weight excluding hydrogens is 276 g/mol. The second kappa shape index (κ2) is 7.41. The van der Waals surface area contributed by atoms with Crippen molar-refractivity contribution in [1.29, 1.82) is 0 Å². The molecule has 4 nitrogen and oxygen atoms in total. The first-order valence-electron chi connectivity index (χ1n) is 7.12. The molecule has 22 heavy (non-hydrogen) atoms. The fourth-order valence-electron chi connectivity index (χ4n) is 2.11. The first kappa shape index (κ1) is 15.8. The Hall–Kier alpha value is -2.62. The zero-order valence-electron chi connectivity index (χ0n) is 13.1. The van der Waals surface area contributed by atoms with Gasteiger partial charge in [-0.2, -0.15) is 5.10 Å². The van der Waals surface area contributed by atoms with Crippen LogP contribution in [0.3, 0.4) is 0 Å². The number of methoxy groups -OCH3 is 1. The van der Waals surface area contributed by atoms with Crippen LogP contribution in [0.15, 0.2) is 53.6 Å². The van der Waals surface area contributed by atoms with Crippen LogP contribution >= 0.6 is 0 Å². The average molecular weight is 296 g/mol. The standard InChI is InChI=1S/C18H20N2O2/c1-13-6-4-5-7-17(13)18(21)20-19-14(2)12-15-8-10-16(22-3)11-9-15/h4-11H,12H2,1-3H3,(H,20,21)/b19-14-. The Labute approximate surface area is 130 Å². The van der Waals surface area contributed by atoms with Crippen LogP contribution in [0.4, 0.5) is 0 Å². The monoisotopic (exact) mass is 296 g/mol. The number of nitrogens with zero attached hydrogens (tertiary/aromatic N) is 1. The molecule has 1 N–H and O–H groups in total. The number of hydrogen-bond acceptors (Lipinski definition) is 3. The highest BCUT2D eigenvalue weighted by atomic mass is 16.5. The molecule has 1 amide bonds. The van der Waals surface area contributed by atoms with Crippen LogP contribution in [0.5, 0.6) is 5.75 Å². The lowest BCUT2D eigenvalue weighted by Crippen LogP contribution is -2.20. The summed E-state index contributed by atoms with van der Waals surface area (Å²) in [5.41, 5.74) is 6.14. The van der Waals surface area contributed by atoms with Crippen molar-refractivity contribution >= 4 is 11.6 Å². The second-order valence-electron chi connectivity index (χ2n) is 5.13. The van der Waals surface area contributed by atoms with E-state index in [2.05, 4.69) is 10.5 Å². The molecule has 114 valence electrons. The third-order valence-electron chi connectivity index (χ3n) is 3.36. The number of hydrogen-bond donors (Lipinski definition) is 1. The Kier molecular flexibility index (Phi) is 5.31. The van der Waals surface area contributed by atoms with E-state index >= 15 is 0 Å². The molecule has 0 spiro atoms. The van der Waals surface area contributed by atoms with Gasteiger partial charge in [0.2, 0.25) is 0 Å². The van der Waals surface area contributed by atoms with Gasteiger partial charge < -0.3 is 4.74 Å². The fourth-order valence-corrected chi connectivity index (χ4v) is 2.11. The van der Waals surface area contributed by atoms with Gasteiger partial charge in [-0.05, 0) is 43.2 Å².